The Morgan fingerprint density at radius 3 is 2.42 bits per heavy atom. The molecule has 1 aromatic heterocycles. The molecule has 26 heavy (non-hydrogen) atoms. The van der Waals surface area contributed by atoms with Gasteiger partial charge in [0.15, 0.2) is 0 Å². The van der Waals surface area contributed by atoms with Gasteiger partial charge in [0.25, 0.3) is 5.91 Å². The van der Waals surface area contributed by atoms with Crippen molar-refractivity contribution >= 4 is 17.5 Å². The number of hydrogen-bond acceptors (Lipinski definition) is 4. The molecule has 0 spiro atoms. The molecule has 132 valence electrons. The van der Waals surface area contributed by atoms with Gasteiger partial charge in [0.1, 0.15) is 5.69 Å². The number of carbonyl (C=O) groups excluding carboxylic acids is 1. The first-order valence-electron chi connectivity index (χ1n) is 8.64. The molecular formula is C21H22N4O. The Balaban J connectivity index is 1.70. The standard InChI is InChI=1S/C21H22N4O/c1-3-16-9-11-18(12-10-16)23-21-22-14-13-19(24-21)20(26)25(2)15-17-7-5-4-6-8-17/h4-14H,3,15H2,1-2H3,(H,22,23,24). The molecule has 1 heterocycles. The summed E-state index contributed by atoms with van der Waals surface area (Å²) in [6.07, 6.45) is 2.59. The summed E-state index contributed by atoms with van der Waals surface area (Å²) in [5.74, 6) is 0.272. The van der Waals surface area contributed by atoms with Crippen LogP contribution in [0.5, 0.6) is 0 Å². The molecule has 0 aliphatic heterocycles. The van der Waals surface area contributed by atoms with Crippen LogP contribution in [0.4, 0.5) is 11.6 Å². The summed E-state index contributed by atoms with van der Waals surface area (Å²) in [6, 6.07) is 19.6. The van der Waals surface area contributed by atoms with E-state index in [1.165, 1.54) is 5.56 Å². The van der Waals surface area contributed by atoms with Crippen LogP contribution in [-0.4, -0.2) is 27.8 Å². The highest BCUT2D eigenvalue weighted by molar-refractivity contribution is 5.92. The SMILES string of the molecule is CCc1ccc(Nc2nccc(C(=O)N(C)Cc3ccccc3)n2)cc1. The molecular weight excluding hydrogens is 324 g/mol. The van der Waals surface area contributed by atoms with Crippen molar-refractivity contribution in [3.63, 3.8) is 0 Å². The number of aryl methyl sites for hydroxylation is 1. The van der Waals surface area contributed by atoms with E-state index in [1.54, 1.807) is 24.2 Å². The molecule has 0 aliphatic carbocycles. The van der Waals surface area contributed by atoms with Crippen LogP contribution in [0, 0.1) is 0 Å². The first-order chi connectivity index (χ1) is 12.7. The van der Waals surface area contributed by atoms with Gasteiger partial charge in [-0.3, -0.25) is 4.79 Å². The Labute approximate surface area is 153 Å². The van der Waals surface area contributed by atoms with E-state index in [-0.39, 0.29) is 5.91 Å². The number of hydrogen-bond donors (Lipinski definition) is 1. The van der Waals surface area contributed by atoms with Crippen molar-refractivity contribution < 1.29 is 4.79 Å². The average molecular weight is 346 g/mol. The van der Waals surface area contributed by atoms with E-state index >= 15 is 0 Å². The molecule has 0 aliphatic rings. The predicted molar refractivity (Wildman–Crippen MR) is 103 cm³/mol. The number of nitrogens with zero attached hydrogens (tertiary/aromatic N) is 3. The second-order valence-electron chi connectivity index (χ2n) is 6.09. The maximum atomic E-state index is 12.6. The van der Waals surface area contributed by atoms with Crippen LogP contribution in [0.15, 0.2) is 66.9 Å². The van der Waals surface area contributed by atoms with Gasteiger partial charge in [-0.1, -0.05) is 49.4 Å². The highest BCUT2D eigenvalue weighted by Gasteiger charge is 2.14. The van der Waals surface area contributed by atoms with Crippen molar-refractivity contribution in [2.45, 2.75) is 19.9 Å². The van der Waals surface area contributed by atoms with Crippen molar-refractivity contribution in [1.82, 2.24) is 14.9 Å². The minimum absolute atomic E-state index is 0.138. The maximum absolute atomic E-state index is 12.6. The van der Waals surface area contributed by atoms with Crippen molar-refractivity contribution in [2.24, 2.45) is 0 Å². The fraction of sp³-hybridized carbons (Fsp3) is 0.190. The van der Waals surface area contributed by atoms with E-state index in [9.17, 15) is 4.79 Å². The number of aromatic nitrogens is 2. The molecule has 0 fully saturated rings. The van der Waals surface area contributed by atoms with Gasteiger partial charge >= 0.3 is 0 Å². The summed E-state index contributed by atoms with van der Waals surface area (Å²) in [5.41, 5.74) is 3.60. The number of nitrogens with one attached hydrogen (secondary N) is 1. The van der Waals surface area contributed by atoms with Gasteiger partial charge in [-0.05, 0) is 35.7 Å². The van der Waals surface area contributed by atoms with Gasteiger partial charge in [0, 0.05) is 25.5 Å². The molecule has 0 saturated heterocycles. The minimum atomic E-state index is -0.138. The van der Waals surface area contributed by atoms with Crippen molar-refractivity contribution in [2.75, 3.05) is 12.4 Å². The monoisotopic (exact) mass is 346 g/mol. The van der Waals surface area contributed by atoms with E-state index in [2.05, 4.69) is 34.3 Å². The Morgan fingerprint density at radius 1 is 1.00 bits per heavy atom. The first-order valence-corrected chi connectivity index (χ1v) is 8.64. The lowest BCUT2D eigenvalue weighted by Gasteiger charge is -2.17. The molecule has 3 aromatic rings. The molecule has 3 rings (SSSR count). The molecule has 0 unspecified atom stereocenters. The Bertz CT molecular complexity index is 863. The fourth-order valence-corrected chi connectivity index (χ4v) is 2.62. The van der Waals surface area contributed by atoms with Crippen LogP contribution < -0.4 is 5.32 Å². The molecule has 5 heteroatoms. The van der Waals surface area contributed by atoms with Crippen molar-refractivity contribution in [1.29, 1.82) is 0 Å². The Hall–Kier alpha value is -3.21. The zero-order valence-electron chi connectivity index (χ0n) is 15.0. The molecule has 5 nitrogen and oxygen atoms in total. The normalized spacial score (nSPS) is 10.4. The lowest BCUT2D eigenvalue weighted by molar-refractivity contribution is 0.0779. The molecule has 2 aromatic carbocycles. The molecule has 0 bridgehead atoms. The number of carbonyl (C=O) groups is 1. The third kappa shape index (κ3) is 4.45. The maximum Gasteiger partial charge on any atom is 0.272 e. The lowest BCUT2D eigenvalue weighted by atomic mass is 10.1. The van der Waals surface area contributed by atoms with Crippen LogP contribution in [0.1, 0.15) is 28.5 Å². The predicted octanol–water partition coefficient (Wildman–Crippen LogP) is 4.05. The zero-order valence-corrected chi connectivity index (χ0v) is 15.0. The van der Waals surface area contributed by atoms with Gasteiger partial charge in [-0.25, -0.2) is 9.97 Å². The average Bonchev–Trinajstić information content (AvgIpc) is 2.69. The fourth-order valence-electron chi connectivity index (χ4n) is 2.62. The first kappa shape index (κ1) is 17.6. The van der Waals surface area contributed by atoms with E-state index in [0.29, 0.717) is 18.2 Å². The minimum Gasteiger partial charge on any atom is -0.336 e. The quantitative estimate of drug-likeness (QED) is 0.731. The lowest BCUT2D eigenvalue weighted by Crippen LogP contribution is -2.27. The molecule has 0 atom stereocenters. The summed E-state index contributed by atoms with van der Waals surface area (Å²) < 4.78 is 0. The third-order valence-electron chi connectivity index (χ3n) is 4.10. The smallest absolute Gasteiger partial charge is 0.272 e. The summed E-state index contributed by atoms with van der Waals surface area (Å²) in [4.78, 5) is 22.9. The molecule has 1 N–H and O–H groups in total. The summed E-state index contributed by atoms with van der Waals surface area (Å²) >= 11 is 0. The van der Waals surface area contributed by atoms with Crippen LogP contribution in [0.2, 0.25) is 0 Å². The summed E-state index contributed by atoms with van der Waals surface area (Å²) in [7, 11) is 1.77. The Morgan fingerprint density at radius 2 is 1.73 bits per heavy atom. The van der Waals surface area contributed by atoms with Crippen LogP contribution in [0.25, 0.3) is 0 Å². The number of anilines is 2. The Kier molecular flexibility index (Phi) is 5.59. The van der Waals surface area contributed by atoms with Gasteiger partial charge in [-0.2, -0.15) is 0 Å². The second kappa shape index (κ2) is 8.25. The van der Waals surface area contributed by atoms with Gasteiger partial charge in [-0.15, -0.1) is 0 Å². The van der Waals surface area contributed by atoms with E-state index in [1.807, 2.05) is 42.5 Å². The molecule has 0 radical (unpaired) electrons. The zero-order chi connectivity index (χ0) is 18.4. The highest BCUT2D eigenvalue weighted by atomic mass is 16.2. The van der Waals surface area contributed by atoms with Crippen molar-refractivity contribution in [3.05, 3.63) is 83.7 Å². The number of benzene rings is 2. The van der Waals surface area contributed by atoms with Gasteiger partial charge in [0.2, 0.25) is 5.95 Å². The second-order valence-corrected chi connectivity index (χ2v) is 6.09. The van der Waals surface area contributed by atoms with Crippen molar-refractivity contribution in [3.8, 4) is 0 Å². The van der Waals surface area contributed by atoms with Crippen LogP contribution in [-0.2, 0) is 13.0 Å². The van der Waals surface area contributed by atoms with Crippen LogP contribution in [0.3, 0.4) is 0 Å². The van der Waals surface area contributed by atoms with Crippen LogP contribution >= 0.6 is 0 Å². The molecule has 1 amide bonds. The van der Waals surface area contributed by atoms with Gasteiger partial charge in [0.05, 0.1) is 0 Å². The summed E-state index contributed by atoms with van der Waals surface area (Å²) in [5, 5.41) is 3.15. The third-order valence-corrected chi connectivity index (χ3v) is 4.10. The molecule has 0 saturated carbocycles. The summed E-state index contributed by atoms with van der Waals surface area (Å²) in [6.45, 7) is 2.65. The van der Waals surface area contributed by atoms with Gasteiger partial charge < -0.3 is 10.2 Å². The number of amides is 1. The highest BCUT2D eigenvalue weighted by Crippen LogP contribution is 2.15. The van der Waals surface area contributed by atoms with E-state index in [0.717, 1.165) is 17.7 Å². The van der Waals surface area contributed by atoms with E-state index < -0.39 is 0 Å². The number of rotatable bonds is 6. The van der Waals surface area contributed by atoms with E-state index in [4.69, 9.17) is 0 Å². The largest absolute Gasteiger partial charge is 0.336 e. The topological polar surface area (TPSA) is 58.1 Å².